The van der Waals surface area contributed by atoms with Crippen LogP contribution >= 0.6 is 0 Å². The molecule has 0 radical (unpaired) electrons. The molecule has 0 amide bonds. The molecular weight excluding hydrogens is 296 g/mol. The molecule has 0 N–H and O–H groups in total. The van der Waals surface area contributed by atoms with E-state index < -0.39 is 0 Å². The zero-order valence-corrected chi connectivity index (χ0v) is 17.2. The highest BCUT2D eigenvalue weighted by Crippen LogP contribution is 2.14. The summed E-state index contributed by atoms with van der Waals surface area (Å²) < 4.78 is 12.0. The molecule has 0 heterocycles. The van der Waals surface area contributed by atoms with Crippen LogP contribution in [0.3, 0.4) is 0 Å². The topological polar surface area (TPSA) is 18.5 Å². The van der Waals surface area contributed by atoms with Gasteiger partial charge in [-0.15, -0.1) is 0 Å². The molecule has 0 aliphatic carbocycles. The van der Waals surface area contributed by atoms with Gasteiger partial charge in [0.1, 0.15) is 0 Å². The Balaban J connectivity index is 4.16. The molecule has 24 heavy (non-hydrogen) atoms. The van der Waals surface area contributed by atoms with Gasteiger partial charge in [0.15, 0.2) is 6.29 Å². The van der Waals surface area contributed by atoms with Crippen molar-refractivity contribution < 1.29 is 9.47 Å². The van der Waals surface area contributed by atoms with Crippen molar-refractivity contribution in [2.24, 2.45) is 5.92 Å². The number of rotatable bonds is 17. The second-order valence-corrected chi connectivity index (χ2v) is 7.53. The van der Waals surface area contributed by atoms with E-state index in [1.54, 1.807) is 0 Å². The van der Waals surface area contributed by atoms with E-state index in [4.69, 9.17) is 9.47 Å². The van der Waals surface area contributed by atoms with Crippen LogP contribution in [0, 0.1) is 5.92 Å². The lowest BCUT2D eigenvalue weighted by Crippen LogP contribution is -2.17. The monoisotopic (exact) mass is 340 g/mol. The molecule has 0 saturated heterocycles. The number of unbranched alkanes of at least 4 members (excludes halogenated alkanes) is 6. The summed E-state index contributed by atoms with van der Waals surface area (Å²) in [5, 5.41) is 0. The molecule has 0 aromatic heterocycles. The molecule has 0 atom stereocenters. The third kappa shape index (κ3) is 16.5. The molecule has 0 fully saturated rings. The Kier molecular flexibility index (Phi) is 17.2. The van der Waals surface area contributed by atoms with Crippen molar-refractivity contribution in [2.45, 2.75) is 112 Å². The molecule has 0 aromatic rings. The number of allylic oxidation sites excluding steroid dienone is 1. The smallest absolute Gasteiger partial charge is 0.177 e. The van der Waals surface area contributed by atoms with Crippen molar-refractivity contribution in [2.75, 3.05) is 13.2 Å². The second kappa shape index (κ2) is 17.5. The van der Waals surface area contributed by atoms with Gasteiger partial charge in [0, 0.05) is 0 Å². The van der Waals surface area contributed by atoms with Gasteiger partial charge in [-0.05, 0) is 44.6 Å². The maximum Gasteiger partial charge on any atom is 0.177 e. The molecule has 0 aromatic carbocycles. The summed E-state index contributed by atoms with van der Waals surface area (Å²) in [5.41, 5.74) is 1.41. The normalized spacial score (nSPS) is 12.5. The van der Waals surface area contributed by atoms with Gasteiger partial charge in [0.2, 0.25) is 0 Å². The summed E-state index contributed by atoms with van der Waals surface area (Å²) in [6, 6.07) is 0. The Labute approximate surface area is 152 Å². The minimum Gasteiger partial charge on any atom is -0.349 e. The van der Waals surface area contributed by atoms with Gasteiger partial charge in [-0.2, -0.15) is 0 Å². The second-order valence-electron chi connectivity index (χ2n) is 7.53. The third-order valence-corrected chi connectivity index (χ3v) is 4.33. The van der Waals surface area contributed by atoms with Crippen LogP contribution in [0.2, 0.25) is 0 Å². The van der Waals surface area contributed by atoms with Crippen LogP contribution in [0.15, 0.2) is 11.6 Å². The number of hydrogen-bond acceptors (Lipinski definition) is 2. The molecule has 0 saturated carbocycles. The fourth-order valence-corrected chi connectivity index (χ4v) is 2.71. The first-order valence-corrected chi connectivity index (χ1v) is 10.5. The average Bonchev–Trinajstić information content (AvgIpc) is 2.53. The average molecular weight is 341 g/mol. The van der Waals surface area contributed by atoms with Crippen LogP contribution in [-0.4, -0.2) is 19.5 Å². The van der Waals surface area contributed by atoms with Crippen LogP contribution in [-0.2, 0) is 9.47 Å². The minimum atomic E-state index is -0.146. The molecule has 0 aliphatic rings. The first kappa shape index (κ1) is 23.7. The van der Waals surface area contributed by atoms with Gasteiger partial charge in [-0.1, -0.05) is 78.2 Å². The fraction of sp³-hybridized carbons (Fsp3) is 0.909. The van der Waals surface area contributed by atoms with E-state index >= 15 is 0 Å². The Hall–Kier alpha value is -0.340. The number of hydrogen-bond donors (Lipinski definition) is 0. The van der Waals surface area contributed by atoms with Gasteiger partial charge in [0.25, 0.3) is 0 Å². The molecule has 0 bridgehead atoms. The van der Waals surface area contributed by atoms with E-state index in [-0.39, 0.29) is 6.29 Å². The highest BCUT2D eigenvalue weighted by atomic mass is 16.7. The van der Waals surface area contributed by atoms with Crippen molar-refractivity contribution >= 4 is 0 Å². The largest absolute Gasteiger partial charge is 0.349 e. The van der Waals surface area contributed by atoms with E-state index in [1.165, 1.54) is 56.9 Å². The molecular formula is C22H44O2. The third-order valence-electron chi connectivity index (χ3n) is 4.33. The van der Waals surface area contributed by atoms with Crippen LogP contribution in [0.5, 0.6) is 0 Å². The quantitative estimate of drug-likeness (QED) is 0.157. The Morgan fingerprint density at radius 2 is 1.33 bits per heavy atom. The van der Waals surface area contributed by atoms with Crippen LogP contribution in [0.1, 0.15) is 105 Å². The molecule has 0 aliphatic heterocycles. The zero-order chi connectivity index (χ0) is 18.0. The van der Waals surface area contributed by atoms with Crippen LogP contribution < -0.4 is 0 Å². The van der Waals surface area contributed by atoms with Crippen molar-refractivity contribution in [1.29, 1.82) is 0 Å². The van der Waals surface area contributed by atoms with E-state index in [2.05, 4.69) is 40.7 Å². The summed E-state index contributed by atoms with van der Waals surface area (Å²) >= 11 is 0. The summed E-state index contributed by atoms with van der Waals surface area (Å²) in [4.78, 5) is 0. The molecule has 0 rings (SSSR count). The Morgan fingerprint density at radius 1 is 0.792 bits per heavy atom. The Morgan fingerprint density at radius 3 is 1.79 bits per heavy atom. The van der Waals surface area contributed by atoms with Gasteiger partial charge >= 0.3 is 0 Å². The lowest BCUT2D eigenvalue weighted by atomic mass is 10.0. The SMILES string of the molecule is CCCCCCOC(/C=C(\C)CCCC(C)C)OCCCCCC. The van der Waals surface area contributed by atoms with Gasteiger partial charge < -0.3 is 9.47 Å². The molecule has 2 heteroatoms. The maximum absolute atomic E-state index is 5.99. The summed E-state index contributed by atoms with van der Waals surface area (Å²) in [7, 11) is 0. The van der Waals surface area contributed by atoms with Crippen molar-refractivity contribution in [3.63, 3.8) is 0 Å². The summed E-state index contributed by atoms with van der Waals surface area (Å²) in [6.07, 6.45) is 15.7. The molecule has 0 spiro atoms. The van der Waals surface area contributed by atoms with E-state index in [1.807, 2.05) is 0 Å². The Bertz CT molecular complexity index is 270. The van der Waals surface area contributed by atoms with Gasteiger partial charge in [-0.25, -0.2) is 0 Å². The highest BCUT2D eigenvalue weighted by molar-refractivity contribution is 5.00. The maximum atomic E-state index is 5.99. The van der Waals surface area contributed by atoms with Crippen molar-refractivity contribution in [3.8, 4) is 0 Å². The first-order valence-electron chi connectivity index (χ1n) is 10.5. The van der Waals surface area contributed by atoms with E-state index in [0.717, 1.165) is 38.4 Å². The van der Waals surface area contributed by atoms with Gasteiger partial charge in [-0.3, -0.25) is 0 Å². The fourth-order valence-electron chi connectivity index (χ4n) is 2.71. The zero-order valence-electron chi connectivity index (χ0n) is 17.2. The first-order chi connectivity index (χ1) is 11.6. The van der Waals surface area contributed by atoms with Crippen LogP contribution in [0.25, 0.3) is 0 Å². The predicted octanol–water partition coefficient (Wildman–Crippen LogP) is 7.28. The molecule has 0 unspecified atom stereocenters. The van der Waals surface area contributed by atoms with Gasteiger partial charge in [0.05, 0.1) is 13.2 Å². The summed E-state index contributed by atoms with van der Waals surface area (Å²) in [6.45, 7) is 12.9. The van der Waals surface area contributed by atoms with E-state index in [0.29, 0.717) is 0 Å². The number of ether oxygens (including phenoxy) is 2. The predicted molar refractivity (Wildman–Crippen MR) is 106 cm³/mol. The minimum absolute atomic E-state index is 0.146. The summed E-state index contributed by atoms with van der Waals surface area (Å²) in [5.74, 6) is 0.790. The van der Waals surface area contributed by atoms with Crippen molar-refractivity contribution in [1.82, 2.24) is 0 Å². The molecule has 144 valence electrons. The molecule has 2 nitrogen and oxygen atoms in total. The highest BCUT2D eigenvalue weighted by Gasteiger charge is 2.07. The van der Waals surface area contributed by atoms with Crippen LogP contribution in [0.4, 0.5) is 0 Å². The standard InChI is InChI=1S/C22H44O2/c1-6-8-10-12-17-23-22(24-18-13-11-9-7-2)19-21(5)16-14-15-20(3)4/h19-20,22H,6-18H2,1-5H3/b21-19+. The lowest BCUT2D eigenvalue weighted by molar-refractivity contribution is -0.113. The lowest BCUT2D eigenvalue weighted by Gasteiger charge is -2.17. The van der Waals surface area contributed by atoms with E-state index in [9.17, 15) is 0 Å². The van der Waals surface area contributed by atoms with Crippen molar-refractivity contribution in [3.05, 3.63) is 11.6 Å².